The summed E-state index contributed by atoms with van der Waals surface area (Å²) >= 11 is 0. The summed E-state index contributed by atoms with van der Waals surface area (Å²) in [4.78, 5) is 11.1. The zero-order valence-corrected chi connectivity index (χ0v) is 12.1. The number of hydrogen-bond acceptors (Lipinski definition) is 4. The van der Waals surface area contributed by atoms with E-state index in [2.05, 4.69) is 4.72 Å². The normalized spacial score (nSPS) is 14.2. The standard InChI is InChI=1S/C13H16N2O4S/c1-3-13(2,12(16)17)15-20(18,19)11-6-4-10(5-7-11)8-9-14/h4-7,15H,3,8H2,1-2H3,(H,16,17). The number of carboxylic acid groups (broad SMARTS) is 1. The highest BCUT2D eigenvalue weighted by molar-refractivity contribution is 7.89. The molecule has 0 amide bonds. The third-order valence-corrected chi connectivity index (χ3v) is 4.67. The number of nitrogens with zero attached hydrogens (tertiary/aromatic N) is 1. The second-order valence-corrected chi connectivity index (χ2v) is 6.26. The molecule has 7 heteroatoms. The minimum atomic E-state index is -3.92. The average Bonchev–Trinajstić information content (AvgIpc) is 2.39. The molecule has 1 atom stereocenters. The Hall–Kier alpha value is -1.91. The number of aliphatic carboxylic acids is 1. The highest BCUT2D eigenvalue weighted by Gasteiger charge is 2.36. The van der Waals surface area contributed by atoms with Crippen molar-refractivity contribution >= 4 is 16.0 Å². The van der Waals surface area contributed by atoms with Gasteiger partial charge in [0.15, 0.2) is 0 Å². The monoisotopic (exact) mass is 296 g/mol. The van der Waals surface area contributed by atoms with Crippen LogP contribution >= 0.6 is 0 Å². The van der Waals surface area contributed by atoms with E-state index in [1.807, 2.05) is 6.07 Å². The fourth-order valence-corrected chi connectivity index (χ4v) is 2.94. The van der Waals surface area contributed by atoms with Gasteiger partial charge in [-0.15, -0.1) is 0 Å². The van der Waals surface area contributed by atoms with Gasteiger partial charge >= 0.3 is 5.97 Å². The lowest BCUT2D eigenvalue weighted by Gasteiger charge is -2.24. The van der Waals surface area contributed by atoms with E-state index in [0.29, 0.717) is 5.56 Å². The van der Waals surface area contributed by atoms with Gasteiger partial charge in [0.2, 0.25) is 10.0 Å². The number of hydrogen-bond donors (Lipinski definition) is 2. The molecule has 6 nitrogen and oxygen atoms in total. The van der Waals surface area contributed by atoms with E-state index in [4.69, 9.17) is 10.4 Å². The quantitative estimate of drug-likeness (QED) is 0.822. The zero-order chi connectivity index (χ0) is 15.4. The number of carbonyl (C=O) groups is 1. The molecule has 1 rings (SSSR count). The number of sulfonamides is 1. The van der Waals surface area contributed by atoms with E-state index in [9.17, 15) is 13.2 Å². The molecule has 1 aromatic carbocycles. The van der Waals surface area contributed by atoms with E-state index >= 15 is 0 Å². The molecule has 0 spiro atoms. The van der Waals surface area contributed by atoms with E-state index in [0.717, 1.165) is 0 Å². The summed E-state index contributed by atoms with van der Waals surface area (Å²) in [6.07, 6.45) is 0.309. The predicted octanol–water partition coefficient (Wildman–Crippen LogP) is 1.28. The molecule has 108 valence electrons. The van der Waals surface area contributed by atoms with Crippen molar-refractivity contribution in [1.29, 1.82) is 5.26 Å². The van der Waals surface area contributed by atoms with Gasteiger partial charge < -0.3 is 5.11 Å². The van der Waals surface area contributed by atoms with Gasteiger partial charge in [0.05, 0.1) is 17.4 Å². The van der Waals surface area contributed by atoms with Gasteiger partial charge in [0.25, 0.3) is 0 Å². The maximum absolute atomic E-state index is 12.1. The Kier molecular flexibility index (Phi) is 4.87. The topological polar surface area (TPSA) is 107 Å². The third-order valence-electron chi connectivity index (χ3n) is 3.06. The van der Waals surface area contributed by atoms with Gasteiger partial charge in [-0.2, -0.15) is 9.98 Å². The fourth-order valence-electron chi connectivity index (χ4n) is 1.50. The molecular formula is C13H16N2O4S. The Balaban J connectivity index is 3.05. The Bertz CT molecular complexity index is 631. The molecule has 2 N–H and O–H groups in total. The van der Waals surface area contributed by atoms with Crippen LogP contribution in [0.1, 0.15) is 25.8 Å². The minimum absolute atomic E-state index is 0.0277. The van der Waals surface area contributed by atoms with Crippen LogP contribution in [0.4, 0.5) is 0 Å². The lowest BCUT2D eigenvalue weighted by molar-refractivity contribution is -0.143. The van der Waals surface area contributed by atoms with E-state index in [1.54, 1.807) is 6.92 Å². The Morgan fingerprint density at radius 2 is 1.95 bits per heavy atom. The molecule has 1 unspecified atom stereocenters. The van der Waals surface area contributed by atoms with Crippen LogP contribution in [0.3, 0.4) is 0 Å². The van der Waals surface area contributed by atoms with Crippen LogP contribution < -0.4 is 4.72 Å². The summed E-state index contributed by atoms with van der Waals surface area (Å²) in [6.45, 7) is 2.91. The molecule has 20 heavy (non-hydrogen) atoms. The Morgan fingerprint density at radius 3 is 2.35 bits per heavy atom. The summed E-state index contributed by atoms with van der Waals surface area (Å²) in [7, 11) is -3.92. The largest absolute Gasteiger partial charge is 0.480 e. The van der Waals surface area contributed by atoms with Crippen molar-refractivity contribution in [2.75, 3.05) is 0 Å². The van der Waals surface area contributed by atoms with Crippen LogP contribution in [0.5, 0.6) is 0 Å². The molecule has 0 aliphatic heterocycles. The average molecular weight is 296 g/mol. The molecule has 0 fully saturated rings. The van der Waals surface area contributed by atoms with Gasteiger partial charge in [-0.1, -0.05) is 19.1 Å². The van der Waals surface area contributed by atoms with Crippen LogP contribution in [0.15, 0.2) is 29.2 Å². The van der Waals surface area contributed by atoms with Crippen LogP contribution in [0, 0.1) is 11.3 Å². The maximum atomic E-state index is 12.1. The van der Waals surface area contributed by atoms with Crippen molar-refractivity contribution in [3.05, 3.63) is 29.8 Å². The van der Waals surface area contributed by atoms with Gasteiger partial charge in [-0.3, -0.25) is 4.79 Å². The lowest BCUT2D eigenvalue weighted by Crippen LogP contribution is -2.51. The van der Waals surface area contributed by atoms with E-state index < -0.39 is 21.5 Å². The molecule has 1 aromatic rings. The number of carboxylic acids is 1. The summed E-state index contributed by atoms with van der Waals surface area (Å²) in [5, 5.41) is 17.6. The number of nitrogens with one attached hydrogen (secondary N) is 1. The highest BCUT2D eigenvalue weighted by Crippen LogP contribution is 2.17. The van der Waals surface area contributed by atoms with Gasteiger partial charge in [0.1, 0.15) is 5.54 Å². The minimum Gasteiger partial charge on any atom is -0.480 e. The van der Waals surface area contributed by atoms with Crippen LogP contribution in [0.2, 0.25) is 0 Å². The molecular weight excluding hydrogens is 280 g/mol. The Labute approximate surface area is 118 Å². The lowest BCUT2D eigenvalue weighted by atomic mass is 10.0. The zero-order valence-electron chi connectivity index (χ0n) is 11.3. The smallest absolute Gasteiger partial charge is 0.324 e. The summed E-state index contributed by atoms with van der Waals surface area (Å²) in [6, 6.07) is 7.73. The second-order valence-electron chi connectivity index (χ2n) is 4.58. The van der Waals surface area contributed by atoms with Crippen LogP contribution in [0.25, 0.3) is 0 Å². The summed E-state index contributed by atoms with van der Waals surface area (Å²) in [5.74, 6) is -1.23. The second kappa shape index (κ2) is 6.03. The Morgan fingerprint density at radius 1 is 1.40 bits per heavy atom. The van der Waals surface area contributed by atoms with Crippen LogP contribution in [-0.2, 0) is 21.2 Å². The SMILES string of the molecule is CCC(C)(NS(=O)(=O)c1ccc(CC#N)cc1)C(=O)O. The van der Waals surface area contributed by atoms with Gasteiger partial charge in [-0.05, 0) is 31.0 Å². The highest BCUT2D eigenvalue weighted by atomic mass is 32.2. The third kappa shape index (κ3) is 3.56. The van der Waals surface area contributed by atoms with Crippen LogP contribution in [-0.4, -0.2) is 25.0 Å². The molecule has 0 aliphatic rings. The first-order chi connectivity index (χ1) is 9.25. The molecule has 0 aromatic heterocycles. The van der Waals surface area contributed by atoms with Crippen molar-refractivity contribution in [3.63, 3.8) is 0 Å². The molecule has 0 radical (unpaired) electrons. The predicted molar refractivity (Wildman–Crippen MR) is 72.4 cm³/mol. The first-order valence-corrected chi connectivity index (χ1v) is 7.47. The first-order valence-electron chi connectivity index (χ1n) is 5.98. The van der Waals surface area contributed by atoms with Gasteiger partial charge in [0, 0.05) is 0 Å². The molecule has 0 saturated heterocycles. The molecule has 0 saturated carbocycles. The number of nitriles is 1. The molecule has 0 aliphatic carbocycles. The van der Waals surface area contributed by atoms with Gasteiger partial charge in [-0.25, -0.2) is 8.42 Å². The van der Waals surface area contributed by atoms with Crippen molar-refractivity contribution in [2.24, 2.45) is 0 Å². The van der Waals surface area contributed by atoms with E-state index in [1.165, 1.54) is 31.2 Å². The summed E-state index contributed by atoms with van der Waals surface area (Å²) in [5.41, 5.74) is -0.854. The fraction of sp³-hybridized carbons (Fsp3) is 0.385. The van der Waals surface area contributed by atoms with Crippen molar-refractivity contribution in [2.45, 2.75) is 37.1 Å². The first kappa shape index (κ1) is 16.1. The van der Waals surface area contributed by atoms with Crippen molar-refractivity contribution in [1.82, 2.24) is 4.72 Å². The molecule has 0 bridgehead atoms. The van der Waals surface area contributed by atoms with Crippen molar-refractivity contribution in [3.8, 4) is 6.07 Å². The van der Waals surface area contributed by atoms with E-state index in [-0.39, 0.29) is 17.7 Å². The van der Waals surface area contributed by atoms with Crippen molar-refractivity contribution < 1.29 is 18.3 Å². The summed E-state index contributed by atoms with van der Waals surface area (Å²) < 4.78 is 26.5. The number of rotatable bonds is 6. The molecule has 0 heterocycles. The number of benzene rings is 1. The maximum Gasteiger partial charge on any atom is 0.324 e.